The van der Waals surface area contributed by atoms with Crippen molar-refractivity contribution in [3.05, 3.63) is 27.8 Å². The monoisotopic (exact) mass is 373 g/mol. The fourth-order valence-electron chi connectivity index (χ4n) is 2.54. The Kier molecular flexibility index (Phi) is 4.79. The van der Waals surface area contributed by atoms with Crippen molar-refractivity contribution in [1.29, 1.82) is 0 Å². The second-order valence-electron chi connectivity index (χ2n) is 4.84. The first kappa shape index (κ1) is 14.3. The zero-order chi connectivity index (χ0) is 13.8. The first-order valence-corrected chi connectivity index (χ1v) is 7.45. The Morgan fingerprint density at radius 3 is 2.53 bits per heavy atom. The van der Waals surface area contributed by atoms with Crippen molar-refractivity contribution in [1.82, 2.24) is 0 Å². The number of carboxylic acids is 1. The standard InChI is InChI=1S/C14H16INO3/c15-9-4-3-5-10(8-9)16-13(17)11-6-1-2-7-12(11)14(18)19/h3-5,8,11-12H,1-2,6-7H2,(H,16,17)(H,18,19)/t11-,12+/m1/s1. The van der Waals surface area contributed by atoms with Crippen LogP contribution in [0.1, 0.15) is 25.7 Å². The number of amides is 1. The third kappa shape index (κ3) is 3.68. The molecule has 0 spiro atoms. The number of anilines is 1. The van der Waals surface area contributed by atoms with Crippen molar-refractivity contribution in [2.45, 2.75) is 25.7 Å². The number of halogens is 1. The molecule has 0 radical (unpaired) electrons. The van der Waals surface area contributed by atoms with Gasteiger partial charge in [0.15, 0.2) is 0 Å². The van der Waals surface area contributed by atoms with Crippen LogP contribution >= 0.6 is 22.6 Å². The molecule has 0 aliphatic heterocycles. The summed E-state index contributed by atoms with van der Waals surface area (Å²) in [4.78, 5) is 23.4. The molecular formula is C14H16INO3. The summed E-state index contributed by atoms with van der Waals surface area (Å²) in [5.74, 6) is -1.99. The smallest absolute Gasteiger partial charge is 0.307 e. The molecule has 0 bridgehead atoms. The summed E-state index contributed by atoms with van der Waals surface area (Å²) < 4.78 is 1.04. The van der Waals surface area contributed by atoms with E-state index in [2.05, 4.69) is 27.9 Å². The molecule has 0 unspecified atom stereocenters. The fourth-order valence-corrected chi connectivity index (χ4v) is 3.08. The van der Waals surface area contributed by atoms with Gasteiger partial charge in [0.1, 0.15) is 0 Å². The molecule has 0 aromatic heterocycles. The first-order valence-electron chi connectivity index (χ1n) is 6.37. The van der Waals surface area contributed by atoms with Crippen LogP contribution in [0, 0.1) is 15.4 Å². The largest absolute Gasteiger partial charge is 0.481 e. The number of aliphatic carboxylic acids is 1. The fraction of sp³-hybridized carbons (Fsp3) is 0.429. The molecule has 1 aromatic rings. The highest BCUT2D eigenvalue weighted by atomic mass is 127. The molecule has 5 heteroatoms. The van der Waals surface area contributed by atoms with Crippen LogP contribution in [0.4, 0.5) is 5.69 Å². The van der Waals surface area contributed by atoms with Gasteiger partial charge in [-0.25, -0.2) is 0 Å². The third-order valence-electron chi connectivity index (χ3n) is 3.51. The first-order chi connectivity index (χ1) is 9.08. The highest BCUT2D eigenvalue weighted by Gasteiger charge is 2.35. The summed E-state index contributed by atoms with van der Waals surface area (Å²) in [5, 5.41) is 12.0. The van der Waals surface area contributed by atoms with Crippen molar-refractivity contribution in [3.63, 3.8) is 0 Å². The Morgan fingerprint density at radius 2 is 1.89 bits per heavy atom. The summed E-state index contributed by atoms with van der Waals surface area (Å²) in [6, 6.07) is 7.50. The maximum Gasteiger partial charge on any atom is 0.307 e. The maximum absolute atomic E-state index is 12.2. The van der Waals surface area contributed by atoms with Crippen molar-refractivity contribution in [2.24, 2.45) is 11.8 Å². The molecule has 1 aliphatic rings. The Balaban J connectivity index is 2.07. The Morgan fingerprint density at radius 1 is 1.21 bits per heavy atom. The molecule has 1 aliphatic carbocycles. The van der Waals surface area contributed by atoms with E-state index in [1.54, 1.807) is 0 Å². The van der Waals surface area contributed by atoms with Gasteiger partial charge < -0.3 is 10.4 Å². The number of carboxylic acid groups (broad SMARTS) is 1. The number of benzene rings is 1. The molecule has 19 heavy (non-hydrogen) atoms. The predicted molar refractivity (Wildman–Crippen MR) is 80.9 cm³/mol. The molecule has 0 heterocycles. The zero-order valence-corrected chi connectivity index (χ0v) is 12.6. The van der Waals surface area contributed by atoms with Crippen LogP contribution in [-0.4, -0.2) is 17.0 Å². The van der Waals surface area contributed by atoms with Gasteiger partial charge in [-0.3, -0.25) is 9.59 Å². The number of carbonyl (C=O) groups is 2. The zero-order valence-electron chi connectivity index (χ0n) is 10.4. The lowest BCUT2D eigenvalue weighted by Gasteiger charge is -2.27. The average Bonchev–Trinajstić information content (AvgIpc) is 2.38. The minimum absolute atomic E-state index is 0.172. The van der Waals surface area contributed by atoms with Crippen molar-refractivity contribution in [3.8, 4) is 0 Å². The Hall–Kier alpha value is -1.11. The van der Waals surface area contributed by atoms with Gasteiger partial charge >= 0.3 is 5.97 Å². The van der Waals surface area contributed by atoms with E-state index in [0.29, 0.717) is 12.8 Å². The Labute approximate surface area is 125 Å². The van der Waals surface area contributed by atoms with Gasteiger partial charge in [0.2, 0.25) is 5.91 Å². The van der Waals surface area contributed by atoms with E-state index in [1.165, 1.54) is 0 Å². The number of nitrogens with one attached hydrogen (secondary N) is 1. The van der Waals surface area contributed by atoms with Crippen LogP contribution in [-0.2, 0) is 9.59 Å². The summed E-state index contributed by atoms with van der Waals surface area (Å²) in [6.45, 7) is 0. The lowest BCUT2D eigenvalue weighted by molar-refractivity contribution is -0.147. The molecular weight excluding hydrogens is 357 g/mol. The number of carbonyl (C=O) groups excluding carboxylic acids is 1. The minimum Gasteiger partial charge on any atom is -0.481 e. The second-order valence-corrected chi connectivity index (χ2v) is 6.08. The predicted octanol–water partition coefficient (Wildman–Crippen LogP) is 3.12. The molecule has 2 rings (SSSR count). The summed E-state index contributed by atoms with van der Waals surface area (Å²) in [6.07, 6.45) is 3.07. The van der Waals surface area contributed by atoms with Gasteiger partial charge in [-0.05, 0) is 53.6 Å². The van der Waals surface area contributed by atoms with Crippen LogP contribution in [0.5, 0.6) is 0 Å². The van der Waals surface area contributed by atoms with E-state index in [4.69, 9.17) is 0 Å². The van der Waals surface area contributed by atoms with E-state index in [1.807, 2.05) is 24.3 Å². The van der Waals surface area contributed by atoms with Gasteiger partial charge in [-0.2, -0.15) is 0 Å². The number of hydrogen-bond donors (Lipinski definition) is 2. The SMILES string of the molecule is O=C(O)[C@H]1CCCC[C@H]1C(=O)Nc1cccc(I)c1. The second kappa shape index (κ2) is 6.36. The summed E-state index contributed by atoms with van der Waals surface area (Å²) >= 11 is 2.18. The maximum atomic E-state index is 12.2. The van der Waals surface area contributed by atoms with Crippen LogP contribution in [0.3, 0.4) is 0 Å². The van der Waals surface area contributed by atoms with Crippen LogP contribution in [0.25, 0.3) is 0 Å². The van der Waals surface area contributed by atoms with E-state index in [-0.39, 0.29) is 5.91 Å². The highest BCUT2D eigenvalue weighted by molar-refractivity contribution is 14.1. The van der Waals surface area contributed by atoms with E-state index in [9.17, 15) is 14.7 Å². The molecule has 1 saturated carbocycles. The average molecular weight is 373 g/mol. The molecule has 2 N–H and O–H groups in total. The van der Waals surface area contributed by atoms with Crippen LogP contribution < -0.4 is 5.32 Å². The third-order valence-corrected chi connectivity index (χ3v) is 4.18. The summed E-state index contributed by atoms with van der Waals surface area (Å²) in [5.41, 5.74) is 0.728. The lowest BCUT2D eigenvalue weighted by Crippen LogP contribution is -2.36. The molecule has 102 valence electrons. The normalized spacial score (nSPS) is 22.8. The van der Waals surface area contributed by atoms with Crippen molar-refractivity contribution >= 4 is 40.2 Å². The molecule has 2 atom stereocenters. The highest BCUT2D eigenvalue weighted by Crippen LogP contribution is 2.31. The van der Waals surface area contributed by atoms with Gasteiger partial charge in [0, 0.05) is 9.26 Å². The summed E-state index contributed by atoms with van der Waals surface area (Å²) in [7, 11) is 0. The van der Waals surface area contributed by atoms with E-state index < -0.39 is 17.8 Å². The van der Waals surface area contributed by atoms with Crippen molar-refractivity contribution in [2.75, 3.05) is 5.32 Å². The van der Waals surface area contributed by atoms with Crippen molar-refractivity contribution < 1.29 is 14.7 Å². The van der Waals surface area contributed by atoms with Crippen LogP contribution in [0.15, 0.2) is 24.3 Å². The van der Waals surface area contributed by atoms with Gasteiger partial charge in [-0.15, -0.1) is 0 Å². The number of hydrogen-bond acceptors (Lipinski definition) is 2. The van der Waals surface area contributed by atoms with Gasteiger partial charge in [0.05, 0.1) is 11.8 Å². The molecule has 0 saturated heterocycles. The Bertz CT molecular complexity index is 489. The molecule has 4 nitrogen and oxygen atoms in total. The minimum atomic E-state index is -0.859. The lowest BCUT2D eigenvalue weighted by atomic mass is 9.78. The topological polar surface area (TPSA) is 66.4 Å². The number of rotatable bonds is 3. The molecule has 1 aromatic carbocycles. The molecule has 1 amide bonds. The quantitative estimate of drug-likeness (QED) is 0.801. The van der Waals surface area contributed by atoms with Crippen LogP contribution in [0.2, 0.25) is 0 Å². The van der Waals surface area contributed by atoms with E-state index >= 15 is 0 Å². The molecule has 1 fully saturated rings. The van der Waals surface area contributed by atoms with Gasteiger partial charge in [0.25, 0.3) is 0 Å². The van der Waals surface area contributed by atoms with Gasteiger partial charge in [-0.1, -0.05) is 18.9 Å². The van der Waals surface area contributed by atoms with E-state index in [0.717, 1.165) is 22.1 Å².